The van der Waals surface area contributed by atoms with E-state index in [4.69, 9.17) is 0 Å². The third-order valence-corrected chi connectivity index (χ3v) is 21.6. The number of azo groups is 4. The molecule has 2 aliphatic rings. The average molecular weight is 1790 g/mol. The van der Waals surface area contributed by atoms with Crippen molar-refractivity contribution in [3.63, 3.8) is 0 Å². The quantitative estimate of drug-likeness (QED) is 0.0361. The van der Waals surface area contributed by atoms with Crippen LogP contribution in [-0.4, -0.2) is 124 Å². The molecule has 2 N–H and O–H groups in total. The number of nitrogens with zero attached hydrogens (tertiary/aromatic N) is 16. The van der Waals surface area contributed by atoms with Crippen molar-refractivity contribution in [3.05, 3.63) is 193 Å². The van der Waals surface area contributed by atoms with Crippen LogP contribution in [0.25, 0.3) is 11.4 Å². The number of benzene rings is 8. The molecule has 2 amide bonds. The first-order valence-electron chi connectivity index (χ1n) is 30.7. The SMILES string of the molecule is CC1=NN(c2ccc(S(=O)(=O)[O-])cc2)C(=O)C1N=Nc1cc(S(=O)(=O)Nc2ccc(N=Nc3c(C)nn(-c4ccc(S(=O)(=O)[O-])cc4)c3[O-])cc2)ccc1[O-].CC1=NN(c2ccc(S(=O)(=O)[O-])cc2)C(=O)C1N=Nc1ccc(NS(=O)(=O)c2ccc([O-])c(N=Nc3c(C)nn(-c4ccc(S(=O)(=O)[O-])cc4)c3[O-])c2)cc1.[Co+3].[Na+].[Na+].[Na+].[Na+].[Na+]. The molecule has 2 atom stereocenters. The Hall–Kier alpha value is -7.29. The van der Waals surface area contributed by atoms with Crippen LogP contribution in [0.3, 0.4) is 0 Å². The number of carbonyl (C=O) groups excluding carboxylic acids is 2. The molecule has 0 radical (unpaired) electrons. The van der Waals surface area contributed by atoms with Gasteiger partial charge in [-0.1, -0.05) is 23.6 Å². The largest absolute Gasteiger partial charge is 3.00 e. The Morgan fingerprint density at radius 3 is 0.966 bits per heavy atom. The minimum Gasteiger partial charge on any atom is -0.871 e. The van der Waals surface area contributed by atoms with Gasteiger partial charge in [-0.25, -0.2) is 59.9 Å². The van der Waals surface area contributed by atoms with Gasteiger partial charge in [0.2, 0.25) is 0 Å². The fourth-order valence-corrected chi connectivity index (χ4v) is 13.9. The number of sulfonamides is 2. The summed E-state index contributed by atoms with van der Waals surface area (Å²) in [7, 11) is -27.4. The monoisotopic (exact) mass is 1780 g/mol. The smallest absolute Gasteiger partial charge is 0.871 e. The van der Waals surface area contributed by atoms with Gasteiger partial charge in [-0.15, -0.1) is 10.2 Å². The molecule has 0 saturated heterocycles. The second kappa shape index (κ2) is 40.2. The predicted octanol–water partition coefficient (Wildman–Crippen LogP) is -8.53. The number of anilines is 4. The van der Waals surface area contributed by atoms with Crippen LogP contribution < -0.4 is 188 Å². The van der Waals surface area contributed by atoms with Gasteiger partial charge in [-0.2, -0.15) is 61.1 Å². The third kappa shape index (κ3) is 23.6. The minimum atomic E-state index is -4.72. The summed E-state index contributed by atoms with van der Waals surface area (Å²) in [6.45, 7) is 5.92. The Balaban J connectivity index is 0.000000393. The van der Waals surface area contributed by atoms with Gasteiger partial charge in [0.15, 0.2) is 12.1 Å². The molecule has 52 heteroatoms. The number of nitrogens with one attached hydrogen (secondary N) is 2. The van der Waals surface area contributed by atoms with E-state index in [1.54, 1.807) is 0 Å². The third-order valence-electron chi connectivity index (χ3n) is 15.5. The van der Waals surface area contributed by atoms with E-state index in [9.17, 15) is 98.7 Å². The number of carbonyl (C=O) groups is 2. The number of aromatic nitrogens is 4. The van der Waals surface area contributed by atoms with Gasteiger partial charge in [0.05, 0.1) is 97.7 Å². The number of amides is 2. The molecular weight excluding hydrogens is 1740 g/mol. The van der Waals surface area contributed by atoms with E-state index < -0.39 is 139 Å². The van der Waals surface area contributed by atoms with E-state index in [1.165, 1.54) is 125 Å². The van der Waals surface area contributed by atoms with Crippen molar-refractivity contribution in [2.75, 3.05) is 19.5 Å². The van der Waals surface area contributed by atoms with Crippen LogP contribution in [0.2, 0.25) is 0 Å². The van der Waals surface area contributed by atoms with Crippen LogP contribution in [0.4, 0.5) is 56.9 Å². The van der Waals surface area contributed by atoms with Gasteiger partial charge >= 0.3 is 165 Å². The zero-order valence-corrected chi connectivity index (χ0v) is 77.3. The molecule has 0 aliphatic carbocycles. The summed E-state index contributed by atoms with van der Waals surface area (Å²) in [4.78, 5) is 23.3. The van der Waals surface area contributed by atoms with Crippen molar-refractivity contribution in [3.8, 4) is 34.6 Å². The van der Waals surface area contributed by atoms with E-state index in [2.05, 4.69) is 70.8 Å². The van der Waals surface area contributed by atoms with Crippen LogP contribution in [0.1, 0.15) is 25.2 Å². The maximum absolute atomic E-state index is 13.2. The summed E-state index contributed by atoms with van der Waals surface area (Å²) in [6.07, 6.45) is 0. The van der Waals surface area contributed by atoms with Crippen LogP contribution in [0, 0.1) is 13.8 Å². The Kier molecular flexibility index (Phi) is 34.4. The molecule has 0 bridgehead atoms. The summed E-state index contributed by atoms with van der Waals surface area (Å²) in [6, 6.07) is 32.6. The molecule has 8 aromatic carbocycles. The molecule has 10 aromatic rings. The van der Waals surface area contributed by atoms with Crippen molar-refractivity contribution >= 4 is 141 Å². The first-order chi connectivity index (χ1) is 51.6. The molecule has 574 valence electrons. The maximum Gasteiger partial charge on any atom is 3.00 e. The van der Waals surface area contributed by atoms with Crippen molar-refractivity contribution in [1.82, 2.24) is 19.6 Å². The van der Waals surface area contributed by atoms with E-state index in [-0.39, 0.29) is 254 Å². The van der Waals surface area contributed by atoms with Gasteiger partial charge in [0.1, 0.15) is 51.8 Å². The van der Waals surface area contributed by atoms with Crippen molar-refractivity contribution < 1.29 is 263 Å². The molecule has 0 saturated carbocycles. The van der Waals surface area contributed by atoms with E-state index in [0.29, 0.717) is 0 Å². The molecule has 2 aliphatic heterocycles. The van der Waals surface area contributed by atoms with Gasteiger partial charge in [0.25, 0.3) is 31.9 Å². The molecule has 0 fully saturated rings. The van der Waals surface area contributed by atoms with Crippen LogP contribution >= 0.6 is 0 Å². The molecule has 0 spiro atoms. The zero-order chi connectivity index (χ0) is 79.7. The van der Waals surface area contributed by atoms with Gasteiger partial charge in [-0.05, 0) is 198 Å². The predicted molar refractivity (Wildman–Crippen MR) is 373 cm³/mol. The van der Waals surface area contributed by atoms with Crippen LogP contribution in [-0.2, 0) is 86.9 Å². The Bertz CT molecular complexity index is 6310. The summed E-state index contributed by atoms with van der Waals surface area (Å²) in [5.74, 6) is -4.16. The fraction of sp³-hybridized carbons (Fsp3) is 0.0938. The van der Waals surface area contributed by atoms with Gasteiger partial charge in [-0.3, -0.25) is 19.0 Å². The van der Waals surface area contributed by atoms with Gasteiger partial charge in [0, 0.05) is 23.1 Å². The molecule has 2 aromatic heterocycles. The van der Waals surface area contributed by atoms with Crippen LogP contribution in [0.5, 0.6) is 23.3 Å². The molecule has 12 rings (SSSR count). The summed E-state index contributed by atoms with van der Waals surface area (Å²) < 4.78 is 194. The molecular formula is C64H46CoN18Na5O22S6. The normalized spacial score (nSPS) is 14.5. The topological polar surface area (TPSA) is 613 Å². The molecule has 4 heterocycles. The van der Waals surface area contributed by atoms with E-state index >= 15 is 0 Å². The molecule has 2 unspecified atom stereocenters. The summed E-state index contributed by atoms with van der Waals surface area (Å²) >= 11 is 0. The fourth-order valence-electron chi connectivity index (χ4n) is 9.90. The molecule has 40 nitrogen and oxygen atoms in total. The average Bonchev–Trinajstić information content (AvgIpc) is 1.53. The standard InChI is InChI=1S/2C32H27N9O11S3.Co.5Na/c2*1-18-29(31(43)40(37-18)22-7-11-24(12-8-22)54(47,48)49)35-33-20-3-5-21(6-4-20)39-53(45,46)26-15-16-28(42)27(17-26)34-36-30-19(2)38-41(32(30)44)23-9-13-25(14-10-23)55(50,51)52;;;;;;/h3-17,30,39,42-43H,1-2H3,(H,47,48,49)(H,50,51,52);3-17,29,39,42,44H,1-2H3,(H,47,48,49)(H,50,51,52);;;;;;/q;;+3;5*+1/p-8. The van der Waals surface area contributed by atoms with Crippen molar-refractivity contribution in [1.29, 1.82) is 0 Å². The zero-order valence-electron chi connectivity index (χ0n) is 61.4. The Morgan fingerprint density at radius 2 is 0.638 bits per heavy atom. The van der Waals surface area contributed by atoms with E-state index in [1.807, 2.05) is 0 Å². The summed E-state index contributed by atoms with van der Waals surface area (Å²) in [5, 5.41) is 101. The molecule has 116 heavy (non-hydrogen) atoms. The number of hydrogen-bond donors (Lipinski definition) is 2. The van der Waals surface area contributed by atoms with Gasteiger partial charge < -0.3 is 38.6 Å². The Morgan fingerprint density at radius 1 is 0.353 bits per heavy atom. The van der Waals surface area contributed by atoms with Crippen LogP contribution in [0.15, 0.2) is 262 Å². The maximum atomic E-state index is 13.2. The first-order valence-corrected chi connectivity index (χ1v) is 39.3. The van der Waals surface area contributed by atoms with Crippen molar-refractivity contribution in [2.45, 2.75) is 69.2 Å². The summed E-state index contributed by atoms with van der Waals surface area (Å²) in [5.41, 5.74) is 0.811. The second-order valence-corrected chi connectivity index (χ2v) is 32.0. The number of hydrazone groups is 2. The van der Waals surface area contributed by atoms with Crippen molar-refractivity contribution in [2.24, 2.45) is 51.1 Å². The van der Waals surface area contributed by atoms with E-state index in [0.717, 1.165) is 104 Å². The number of hydrogen-bond acceptors (Lipinski definition) is 34. The second-order valence-electron chi connectivity index (χ2n) is 23.1. The first kappa shape index (κ1) is 99.3. The number of aryl methyl sites for hydroxylation is 2. The number of rotatable bonds is 22. The Labute approximate surface area is 781 Å². The minimum absolute atomic E-state index is 0.